The Kier molecular flexibility index (Phi) is 5.05. The number of rotatable bonds is 5. The molecule has 1 aromatic heterocycles. The Morgan fingerprint density at radius 2 is 2.24 bits per heavy atom. The fourth-order valence-corrected chi connectivity index (χ4v) is 1.46. The number of pyridine rings is 1. The molecule has 0 aromatic carbocycles. The van der Waals surface area contributed by atoms with Gasteiger partial charge in [0.2, 0.25) is 0 Å². The smallest absolute Gasteiger partial charge is 0.332 e. The summed E-state index contributed by atoms with van der Waals surface area (Å²) in [4.78, 5) is 25.7. The number of amides is 1. The van der Waals surface area contributed by atoms with E-state index in [0.29, 0.717) is 10.2 Å². The first-order chi connectivity index (χ1) is 8.00. The number of hydrogen-bond acceptors (Lipinski definition) is 4. The molecule has 0 aliphatic rings. The molecule has 0 radical (unpaired) electrons. The quantitative estimate of drug-likeness (QED) is 0.684. The maximum atomic E-state index is 11.6. The summed E-state index contributed by atoms with van der Waals surface area (Å²) >= 11 is 3.13. The van der Waals surface area contributed by atoms with Crippen molar-refractivity contribution in [2.45, 2.75) is 12.5 Å². The second kappa shape index (κ2) is 6.31. The van der Waals surface area contributed by atoms with Crippen LogP contribution >= 0.6 is 15.9 Å². The van der Waals surface area contributed by atoms with Crippen molar-refractivity contribution in [1.82, 2.24) is 10.3 Å². The van der Waals surface area contributed by atoms with Gasteiger partial charge in [-0.15, -0.1) is 0 Å². The van der Waals surface area contributed by atoms with E-state index < -0.39 is 12.1 Å². The van der Waals surface area contributed by atoms with Gasteiger partial charge in [0.05, 0.1) is 0 Å². The molecule has 1 heterocycles. The molecule has 6 nitrogen and oxygen atoms in total. The van der Waals surface area contributed by atoms with E-state index in [0.717, 1.165) is 0 Å². The zero-order valence-electron chi connectivity index (χ0n) is 8.76. The number of aliphatic hydroxyl groups is 1. The Bertz CT molecular complexity index is 425. The van der Waals surface area contributed by atoms with Gasteiger partial charge in [-0.05, 0) is 28.1 Å². The number of aliphatic carboxylic acids is 1. The number of aliphatic hydroxyl groups excluding tert-OH is 1. The Balaban J connectivity index is 2.43. The summed E-state index contributed by atoms with van der Waals surface area (Å²) in [6, 6.07) is 3.08. The molecule has 0 aliphatic carbocycles. The van der Waals surface area contributed by atoms with Gasteiger partial charge in [-0.25, -0.2) is 9.78 Å². The van der Waals surface area contributed by atoms with Crippen LogP contribution in [0.25, 0.3) is 0 Å². The largest absolute Gasteiger partial charge is 0.479 e. The number of hydrogen-bond donors (Lipinski definition) is 3. The highest BCUT2D eigenvalue weighted by molar-refractivity contribution is 9.10. The number of aromatic nitrogens is 1. The number of carbonyl (C=O) groups is 2. The molecule has 3 N–H and O–H groups in total. The summed E-state index contributed by atoms with van der Waals surface area (Å²) in [7, 11) is 0. The second-order valence-corrected chi connectivity index (χ2v) is 4.08. The van der Waals surface area contributed by atoms with Crippen molar-refractivity contribution in [2.24, 2.45) is 0 Å². The van der Waals surface area contributed by atoms with Gasteiger partial charge < -0.3 is 15.5 Å². The third-order valence-electron chi connectivity index (χ3n) is 1.98. The number of carboxylic acids is 1. The van der Waals surface area contributed by atoms with Crippen LogP contribution in [0, 0.1) is 0 Å². The molecule has 0 saturated heterocycles. The zero-order valence-corrected chi connectivity index (χ0v) is 10.3. The molecule has 1 unspecified atom stereocenters. The highest BCUT2D eigenvalue weighted by Gasteiger charge is 2.13. The molecular weight excluding hydrogens is 292 g/mol. The number of halogens is 1. The molecular formula is C10H11BrN2O4. The predicted molar refractivity (Wildman–Crippen MR) is 62.5 cm³/mol. The minimum absolute atomic E-state index is 0.0344. The number of nitrogens with zero attached hydrogens (tertiary/aromatic N) is 1. The van der Waals surface area contributed by atoms with E-state index in [9.17, 15) is 9.59 Å². The van der Waals surface area contributed by atoms with E-state index in [1.54, 1.807) is 6.07 Å². The maximum Gasteiger partial charge on any atom is 0.332 e. The van der Waals surface area contributed by atoms with Gasteiger partial charge in [-0.2, -0.15) is 0 Å². The van der Waals surface area contributed by atoms with Crippen LogP contribution in [0.2, 0.25) is 0 Å². The van der Waals surface area contributed by atoms with Gasteiger partial charge >= 0.3 is 5.97 Å². The Labute approximate surface area is 106 Å². The van der Waals surface area contributed by atoms with E-state index in [-0.39, 0.29) is 18.9 Å². The molecule has 1 atom stereocenters. The van der Waals surface area contributed by atoms with E-state index in [4.69, 9.17) is 10.2 Å². The fraction of sp³-hybridized carbons (Fsp3) is 0.300. The summed E-state index contributed by atoms with van der Waals surface area (Å²) in [5, 5.41) is 19.9. The number of carboxylic acid groups (broad SMARTS) is 1. The maximum absolute atomic E-state index is 11.6. The van der Waals surface area contributed by atoms with Crippen LogP contribution in [0.5, 0.6) is 0 Å². The van der Waals surface area contributed by atoms with Gasteiger partial charge in [0.25, 0.3) is 5.91 Å². The lowest BCUT2D eigenvalue weighted by Gasteiger charge is -2.07. The van der Waals surface area contributed by atoms with Crippen LogP contribution in [-0.2, 0) is 4.79 Å². The molecule has 1 rings (SSSR count). The third kappa shape index (κ3) is 4.49. The van der Waals surface area contributed by atoms with Crippen LogP contribution in [-0.4, -0.2) is 39.7 Å². The summed E-state index contributed by atoms with van der Waals surface area (Å²) in [5.41, 5.74) is 0.414. The lowest BCUT2D eigenvalue weighted by molar-refractivity contribution is -0.146. The van der Waals surface area contributed by atoms with Gasteiger partial charge in [0.1, 0.15) is 4.60 Å². The Morgan fingerprint density at radius 3 is 2.82 bits per heavy atom. The normalized spacial score (nSPS) is 11.9. The molecule has 1 aromatic rings. The highest BCUT2D eigenvalue weighted by Crippen LogP contribution is 2.07. The minimum Gasteiger partial charge on any atom is -0.479 e. The van der Waals surface area contributed by atoms with E-state index in [1.807, 2.05) is 0 Å². The Hall–Kier alpha value is -1.47. The molecule has 0 aliphatic heterocycles. The standard InChI is InChI=1S/C10H11BrN2O4/c11-8-5-6(1-3-12-8)9(15)13-4-2-7(14)10(16)17/h1,3,5,7,14H,2,4H2,(H,13,15)(H,16,17). The van der Waals surface area contributed by atoms with Gasteiger partial charge in [0, 0.05) is 24.7 Å². The average molecular weight is 303 g/mol. The molecule has 0 saturated carbocycles. The van der Waals surface area contributed by atoms with E-state index in [1.165, 1.54) is 12.3 Å². The topological polar surface area (TPSA) is 99.5 Å². The van der Waals surface area contributed by atoms with Crippen molar-refractivity contribution in [1.29, 1.82) is 0 Å². The number of carbonyl (C=O) groups excluding carboxylic acids is 1. The van der Waals surface area contributed by atoms with Crippen LogP contribution in [0.3, 0.4) is 0 Å². The van der Waals surface area contributed by atoms with Gasteiger partial charge in [0.15, 0.2) is 6.10 Å². The van der Waals surface area contributed by atoms with E-state index in [2.05, 4.69) is 26.2 Å². The molecule has 0 bridgehead atoms. The molecule has 1 amide bonds. The van der Waals surface area contributed by atoms with Crippen molar-refractivity contribution in [2.75, 3.05) is 6.54 Å². The molecule has 17 heavy (non-hydrogen) atoms. The summed E-state index contributed by atoms with van der Waals surface area (Å²) in [5.74, 6) is -1.64. The SMILES string of the molecule is O=C(NCCC(O)C(=O)O)c1ccnc(Br)c1. The minimum atomic E-state index is -1.46. The fourth-order valence-electron chi connectivity index (χ4n) is 1.09. The van der Waals surface area contributed by atoms with Gasteiger partial charge in [-0.1, -0.05) is 0 Å². The van der Waals surface area contributed by atoms with Crippen LogP contribution in [0.4, 0.5) is 0 Å². The van der Waals surface area contributed by atoms with Crippen LogP contribution < -0.4 is 5.32 Å². The summed E-state index contributed by atoms with van der Waals surface area (Å²) < 4.78 is 0.538. The van der Waals surface area contributed by atoms with Crippen molar-refractivity contribution >= 4 is 27.8 Å². The summed E-state index contributed by atoms with van der Waals surface area (Å²) in [6.07, 6.45) is -0.0159. The highest BCUT2D eigenvalue weighted by atomic mass is 79.9. The van der Waals surface area contributed by atoms with E-state index >= 15 is 0 Å². The van der Waals surface area contributed by atoms with Crippen molar-refractivity contribution < 1.29 is 19.8 Å². The summed E-state index contributed by atoms with van der Waals surface area (Å²) in [6.45, 7) is 0.0895. The monoisotopic (exact) mass is 302 g/mol. The van der Waals surface area contributed by atoms with Crippen LogP contribution in [0.15, 0.2) is 22.9 Å². The molecule has 7 heteroatoms. The average Bonchev–Trinajstić information content (AvgIpc) is 2.28. The Morgan fingerprint density at radius 1 is 1.53 bits per heavy atom. The third-order valence-corrected chi connectivity index (χ3v) is 2.41. The lowest BCUT2D eigenvalue weighted by Crippen LogP contribution is -2.30. The predicted octanol–water partition coefficient (Wildman–Crippen LogP) is 0.409. The van der Waals surface area contributed by atoms with Crippen molar-refractivity contribution in [3.05, 3.63) is 28.5 Å². The lowest BCUT2D eigenvalue weighted by atomic mass is 10.2. The first-order valence-corrected chi connectivity index (χ1v) is 5.60. The first kappa shape index (κ1) is 13.6. The molecule has 0 fully saturated rings. The molecule has 0 spiro atoms. The first-order valence-electron chi connectivity index (χ1n) is 4.81. The van der Waals surface area contributed by atoms with Gasteiger partial charge in [-0.3, -0.25) is 4.79 Å². The van der Waals surface area contributed by atoms with Crippen molar-refractivity contribution in [3.8, 4) is 0 Å². The van der Waals surface area contributed by atoms with Crippen LogP contribution in [0.1, 0.15) is 16.8 Å². The van der Waals surface area contributed by atoms with Crippen molar-refractivity contribution in [3.63, 3.8) is 0 Å². The zero-order chi connectivity index (χ0) is 12.8. The second-order valence-electron chi connectivity index (χ2n) is 3.27. The molecule has 92 valence electrons. The number of nitrogens with one attached hydrogen (secondary N) is 1.